The van der Waals surface area contributed by atoms with Crippen molar-refractivity contribution in [1.29, 1.82) is 0 Å². The minimum absolute atomic E-state index is 0.0532. The Labute approximate surface area is 191 Å². The number of benzene rings is 2. The summed E-state index contributed by atoms with van der Waals surface area (Å²) in [5.74, 6) is 0.0649. The van der Waals surface area contributed by atoms with E-state index in [0.717, 1.165) is 42.3 Å². The molecule has 1 aromatic heterocycles. The molecule has 1 aliphatic heterocycles. The van der Waals surface area contributed by atoms with Gasteiger partial charge >= 0.3 is 0 Å². The topological polar surface area (TPSA) is 85.8 Å². The molecule has 2 heterocycles. The SMILES string of the molecule is CN1CCN(C(=O)c2ccc(-c3nc(C(=O)NCCc4ccc(O)cc4)cs3)cc2)CC1. The zero-order valence-electron chi connectivity index (χ0n) is 18.0. The van der Waals surface area contributed by atoms with E-state index < -0.39 is 0 Å². The number of piperazine rings is 1. The predicted octanol–water partition coefficient (Wildman–Crippen LogP) is 2.88. The van der Waals surface area contributed by atoms with Gasteiger partial charge in [-0.3, -0.25) is 9.59 Å². The van der Waals surface area contributed by atoms with Gasteiger partial charge < -0.3 is 20.2 Å². The smallest absolute Gasteiger partial charge is 0.270 e. The van der Waals surface area contributed by atoms with Gasteiger partial charge in [-0.1, -0.05) is 24.3 Å². The lowest BCUT2D eigenvalue weighted by atomic mass is 10.1. The maximum Gasteiger partial charge on any atom is 0.270 e. The number of phenols is 1. The lowest BCUT2D eigenvalue weighted by Gasteiger charge is -2.32. The molecule has 0 bridgehead atoms. The van der Waals surface area contributed by atoms with E-state index in [1.54, 1.807) is 17.5 Å². The van der Waals surface area contributed by atoms with Gasteiger partial charge in [-0.2, -0.15) is 0 Å². The second-order valence-electron chi connectivity index (χ2n) is 7.88. The molecule has 2 aromatic carbocycles. The summed E-state index contributed by atoms with van der Waals surface area (Å²) in [6.45, 7) is 3.76. The molecule has 2 amide bonds. The van der Waals surface area contributed by atoms with Gasteiger partial charge in [0.25, 0.3) is 11.8 Å². The number of aromatic hydroxyl groups is 1. The van der Waals surface area contributed by atoms with E-state index in [0.29, 0.717) is 24.2 Å². The molecule has 0 radical (unpaired) electrons. The molecule has 3 aromatic rings. The Morgan fingerprint density at radius 1 is 1.03 bits per heavy atom. The summed E-state index contributed by atoms with van der Waals surface area (Å²) >= 11 is 1.40. The van der Waals surface area contributed by atoms with Crippen LogP contribution in [0.2, 0.25) is 0 Å². The molecule has 0 saturated carbocycles. The number of carbonyl (C=O) groups is 2. The molecule has 7 nitrogen and oxygen atoms in total. The Hall–Kier alpha value is -3.23. The maximum atomic E-state index is 12.7. The number of aromatic nitrogens is 1. The summed E-state index contributed by atoms with van der Waals surface area (Å²) in [6.07, 6.45) is 0.672. The Morgan fingerprint density at radius 3 is 2.41 bits per heavy atom. The molecule has 1 fully saturated rings. The first kappa shape index (κ1) is 22.0. The lowest BCUT2D eigenvalue weighted by Crippen LogP contribution is -2.47. The molecule has 1 aliphatic rings. The number of hydrogen-bond acceptors (Lipinski definition) is 6. The molecular weight excluding hydrogens is 424 g/mol. The van der Waals surface area contributed by atoms with Crippen molar-refractivity contribution >= 4 is 23.2 Å². The van der Waals surface area contributed by atoms with Gasteiger partial charge in [0.2, 0.25) is 0 Å². The van der Waals surface area contributed by atoms with Gasteiger partial charge in [0.05, 0.1) is 0 Å². The fourth-order valence-electron chi connectivity index (χ4n) is 3.53. The van der Waals surface area contributed by atoms with Crippen LogP contribution in [0.4, 0.5) is 0 Å². The third kappa shape index (κ3) is 5.33. The van der Waals surface area contributed by atoms with Gasteiger partial charge in [-0.25, -0.2) is 4.98 Å². The van der Waals surface area contributed by atoms with Crippen molar-refractivity contribution in [2.45, 2.75) is 6.42 Å². The Bertz CT molecular complexity index is 1070. The first-order valence-electron chi connectivity index (χ1n) is 10.6. The van der Waals surface area contributed by atoms with Crippen LogP contribution in [0.25, 0.3) is 10.6 Å². The van der Waals surface area contributed by atoms with Gasteiger partial charge in [0.1, 0.15) is 16.5 Å². The van der Waals surface area contributed by atoms with Crippen molar-refractivity contribution < 1.29 is 14.7 Å². The van der Waals surface area contributed by atoms with Crippen molar-refractivity contribution in [3.63, 3.8) is 0 Å². The zero-order valence-corrected chi connectivity index (χ0v) is 18.8. The number of nitrogens with zero attached hydrogens (tertiary/aromatic N) is 3. The van der Waals surface area contributed by atoms with E-state index in [4.69, 9.17) is 0 Å². The van der Waals surface area contributed by atoms with Crippen LogP contribution >= 0.6 is 11.3 Å². The summed E-state index contributed by atoms with van der Waals surface area (Å²) in [6, 6.07) is 14.4. The number of carbonyl (C=O) groups excluding carboxylic acids is 2. The summed E-state index contributed by atoms with van der Waals surface area (Å²) in [7, 11) is 2.06. The minimum Gasteiger partial charge on any atom is -0.508 e. The Morgan fingerprint density at radius 2 is 1.72 bits per heavy atom. The molecule has 4 rings (SSSR count). The largest absolute Gasteiger partial charge is 0.508 e. The molecule has 8 heteroatoms. The Kier molecular flexibility index (Phi) is 6.82. The van der Waals surface area contributed by atoms with Crippen molar-refractivity contribution in [2.24, 2.45) is 0 Å². The van der Waals surface area contributed by atoms with Crippen molar-refractivity contribution in [3.05, 3.63) is 70.7 Å². The molecule has 2 N–H and O–H groups in total. The minimum atomic E-state index is -0.215. The van der Waals surface area contributed by atoms with Gasteiger partial charge in [-0.05, 0) is 43.3 Å². The highest BCUT2D eigenvalue weighted by molar-refractivity contribution is 7.13. The van der Waals surface area contributed by atoms with Crippen LogP contribution in [0.15, 0.2) is 53.9 Å². The molecule has 166 valence electrons. The number of phenolic OH excluding ortho intramolecular Hbond substituents is 1. The zero-order chi connectivity index (χ0) is 22.5. The molecule has 0 spiro atoms. The number of hydrogen-bond donors (Lipinski definition) is 2. The summed E-state index contributed by atoms with van der Waals surface area (Å²) < 4.78 is 0. The third-order valence-corrected chi connectivity index (χ3v) is 6.43. The van der Waals surface area contributed by atoms with Crippen molar-refractivity contribution in [3.8, 4) is 16.3 Å². The summed E-state index contributed by atoms with van der Waals surface area (Å²) in [4.78, 5) is 33.7. The quantitative estimate of drug-likeness (QED) is 0.603. The molecule has 1 saturated heterocycles. The van der Waals surface area contributed by atoms with Gasteiger partial charge in [0, 0.05) is 49.2 Å². The summed E-state index contributed by atoms with van der Waals surface area (Å²) in [5, 5.41) is 14.7. The monoisotopic (exact) mass is 450 g/mol. The average Bonchev–Trinajstić information content (AvgIpc) is 3.31. The summed E-state index contributed by atoms with van der Waals surface area (Å²) in [5.41, 5.74) is 2.97. The highest BCUT2D eigenvalue weighted by atomic mass is 32.1. The van der Waals surface area contributed by atoms with Gasteiger partial charge in [-0.15, -0.1) is 11.3 Å². The first-order chi connectivity index (χ1) is 15.5. The second kappa shape index (κ2) is 9.93. The van der Waals surface area contributed by atoms with Crippen LogP contribution in [0.3, 0.4) is 0 Å². The van der Waals surface area contributed by atoms with E-state index in [9.17, 15) is 14.7 Å². The van der Waals surface area contributed by atoms with E-state index in [2.05, 4.69) is 22.2 Å². The standard InChI is InChI=1S/C24H26N4O3S/c1-27-12-14-28(15-13-27)24(31)19-6-4-18(5-7-19)23-26-21(16-32-23)22(30)25-11-10-17-2-8-20(29)9-3-17/h2-9,16,29H,10-15H2,1H3,(H,25,30). The van der Waals surface area contributed by atoms with Crippen LogP contribution in [0.1, 0.15) is 26.4 Å². The fraction of sp³-hybridized carbons (Fsp3) is 0.292. The van der Waals surface area contributed by atoms with Crippen LogP contribution in [0, 0.1) is 0 Å². The van der Waals surface area contributed by atoms with Crippen LogP contribution in [-0.2, 0) is 6.42 Å². The van der Waals surface area contributed by atoms with E-state index >= 15 is 0 Å². The molecule has 0 aliphatic carbocycles. The normalized spacial score (nSPS) is 14.3. The van der Waals surface area contributed by atoms with Crippen molar-refractivity contribution in [2.75, 3.05) is 39.8 Å². The van der Waals surface area contributed by atoms with Crippen LogP contribution in [0.5, 0.6) is 5.75 Å². The average molecular weight is 451 g/mol. The number of likely N-dealkylation sites (N-methyl/N-ethyl adjacent to an activating group) is 1. The fourth-order valence-corrected chi connectivity index (χ4v) is 4.34. The van der Waals surface area contributed by atoms with E-state index in [1.807, 2.05) is 41.3 Å². The number of thiazole rings is 1. The highest BCUT2D eigenvalue weighted by Crippen LogP contribution is 2.24. The molecular formula is C24H26N4O3S. The highest BCUT2D eigenvalue weighted by Gasteiger charge is 2.20. The molecule has 32 heavy (non-hydrogen) atoms. The first-order valence-corrected chi connectivity index (χ1v) is 11.5. The van der Waals surface area contributed by atoms with Crippen molar-refractivity contribution in [1.82, 2.24) is 20.1 Å². The van der Waals surface area contributed by atoms with Crippen LogP contribution in [-0.4, -0.2) is 71.5 Å². The molecule has 0 unspecified atom stereocenters. The maximum absolute atomic E-state index is 12.7. The third-order valence-electron chi connectivity index (χ3n) is 5.54. The second-order valence-corrected chi connectivity index (χ2v) is 8.74. The Balaban J connectivity index is 1.33. The van der Waals surface area contributed by atoms with E-state index in [-0.39, 0.29) is 17.6 Å². The van der Waals surface area contributed by atoms with E-state index in [1.165, 1.54) is 11.3 Å². The predicted molar refractivity (Wildman–Crippen MR) is 125 cm³/mol. The lowest BCUT2D eigenvalue weighted by molar-refractivity contribution is 0.0664. The number of nitrogens with one attached hydrogen (secondary N) is 1. The van der Waals surface area contributed by atoms with Gasteiger partial charge in [0.15, 0.2) is 0 Å². The van der Waals surface area contributed by atoms with Crippen LogP contribution < -0.4 is 5.32 Å². The number of amides is 2. The number of rotatable bonds is 6. The molecule has 0 atom stereocenters.